The fourth-order valence-electron chi connectivity index (χ4n) is 2.80. The SMILES string of the molecule is C#CCOc1ccccc1C=CC(=O)CC(=O)OCCC(C#N)c1ccc(C(F)(F)F)cc1. The smallest absolute Gasteiger partial charge is 0.416 e. The van der Waals surface area contributed by atoms with Crippen LogP contribution >= 0.6 is 0 Å². The fraction of sp³-hybridized carbons (Fsp3) is 0.240. The lowest BCUT2D eigenvalue weighted by Gasteiger charge is -2.12. The van der Waals surface area contributed by atoms with Gasteiger partial charge in [0.1, 0.15) is 18.8 Å². The predicted molar refractivity (Wildman–Crippen MR) is 115 cm³/mol. The van der Waals surface area contributed by atoms with Crippen LogP contribution in [-0.2, 0) is 20.5 Å². The van der Waals surface area contributed by atoms with Crippen molar-refractivity contribution in [1.29, 1.82) is 5.26 Å². The van der Waals surface area contributed by atoms with Gasteiger partial charge in [-0.05, 0) is 35.9 Å². The number of nitrogens with zero attached hydrogens (tertiary/aromatic N) is 1. The van der Waals surface area contributed by atoms with Crippen molar-refractivity contribution in [2.24, 2.45) is 0 Å². The molecule has 0 amide bonds. The molecule has 8 heteroatoms. The molecule has 0 fully saturated rings. The van der Waals surface area contributed by atoms with Crippen molar-refractivity contribution < 1.29 is 32.2 Å². The maximum atomic E-state index is 12.7. The minimum absolute atomic E-state index is 0.0707. The molecule has 33 heavy (non-hydrogen) atoms. The molecule has 5 nitrogen and oxygen atoms in total. The topological polar surface area (TPSA) is 76.4 Å². The van der Waals surface area contributed by atoms with Gasteiger partial charge in [0.25, 0.3) is 0 Å². The molecular weight excluding hydrogens is 435 g/mol. The highest BCUT2D eigenvalue weighted by atomic mass is 19.4. The first kappa shape index (κ1) is 25.2. The number of halogens is 3. The molecule has 0 aromatic heterocycles. The first-order chi connectivity index (χ1) is 15.7. The maximum absolute atomic E-state index is 12.7. The summed E-state index contributed by atoms with van der Waals surface area (Å²) < 4.78 is 48.3. The Kier molecular flexibility index (Phi) is 9.26. The molecule has 0 N–H and O–H groups in total. The van der Waals surface area contributed by atoms with Crippen LogP contribution in [-0.4, -0.2) is 25.0 Å². The lowest BCUT2D eigenvalue weighted by atomic mass is 9.96. The summed E-state index contributed by atoms with van der Waals surface area (Å²) in [4.78, 5) is 23.9. The molecule has 0 aliphatic heterocycles. The van der Waals surface area contributed by atoms with E-state index in [-0.39, 0.29) is 19.6 Å². The quantitative estimate of drug-likeness (QED) is 0.220. The second-order valence-electron chi connectivity index (χ2n) is 6.82. The van der Waals surface area contributed by atoms with E-state index in [4.69, 9.17) is 15.9 Å². The van der Waals surface area contributed by atoms with E-state index in [0.717, 1.165) is 12.1 Å². The number of benzene rings is 2. The van der Waals surface area contributed by atoms with Gasteiger partial charge >= 0.3 is 12.1 Å². The molecule has 0 aliphatic rings. The number of ether oxygens (including phenoxy) is 2. The van der Waals surface area contributed by atoms with E-state index in [1.54, 1.807) is 24.3 Å². The molecule has 1 unspecified atom stereocenters. The zero-order chi connectivity index (χ0) is 24.3. The van der Waals surface area contributed by atoms with E-state index >= 15 is 0 Å². The van der Waals surface area contributed by atoms with Crippen LogP contribution < -0.4 is 4.74 Å². The number of nitriles is 1. The number of hydrogen-bond donors (Lipinski definition) is 0. The summed E-state index contributed by atoms with van der Waals surface area (Å²) in [5.74, 6) is 0.817. The fourth-order valence-corrected chi connectivity index (χ4v) is 2.80. The summed E-state index contributed by atoms with van der Waals surface area (Å²) in [6.07, 6.45) is 3.01. The Morgan fingerprint density at radius 3 is 2.45 bits per heavy atom. The second-order valence-corrected chi connectivity index (χ2v) is 6.82. The van der Waals surface area contributed by atoms with Gasteiger partial charge in [0.15, 0.2) is 5.78 Å². The number of carbonyl (C=O) groups is 2. The number of esters is 1. The number of ketones is 1. The summed E-state index contributed by atoms with van der Waals surface area (Å²) in [7, 11) is 0. The van der Waals surface area contributed by atoms with Gasteiger partial charge in [-0.25, -0.2) is 0 Å². The number of rotatable bonds is 10. The minimum atomic E-state index is -4.46. The van der Waals surface area contributed by atoms with Crippen LogP contribution in [0.25, 0.3) is 6.08 Å². The van der Waals surface area contributed by atoms with Gasteiger partial charge < -0.3 is 9.47 Å². The zero-order valence-electron chi connectivity index (χ0n) is 17.5. The van der Waals surface area contributed by atoms with Crippen molar-refractivity contribution >= 4 is 17.8 Å². The average molecular weight is 455 g/mol. The Hall–Kier alpha value is -4.04. The number of hydrogen-bond acceptors (Lipinski definition) is 5. The maximum Gasteiger partial charge on any atom is 0.416 e. The van der Waals surface area contributed by atoms with Crippen molar-refractivity contribution in [2.75, 3.05) is 13.2 Å². The summed E-state index contributed by atoms with van der Waals surface area (Å²) in [5, 5.41) is 9.28. The first-order valence-corrected chi connectivity index (χ1v) is 9.83. The van der Waals surface area contributed by atoms with Crippen molar-refractivity contribution in [3.63, 3.8) is 0 Å². The van der Waals surface area contributed by atoms with Gasteiger partial charge in [0, 0.05) is 12.0 Å². The van der Waals surface area contributed by atoms with E-state index < -0.39 is 35.8 Å². The van der Waals surface area contributed by atoms with E-state index in [2.05, 4.69) is 5.92 Å². The lowest BCUT2D eigenvalue weighted by molar-refractivity contribution is -0.145. The van der Waals surface area contributed by atoms with Crippen LogP contribution in [0, 0.1) is 23.7 Å². The predicted octanol–water partition coefficient (Wildman–Crippen LogP) is 4.93. The minimum Gasteiger partial charge on any atom is -0.480 e. The molecule has 2 aromatic carbocycles. The Bertz CT molecular complexity index is 1080. The lowest BCUT2D eigenvalue weighted by Crippen LogP contribution is -2.12. The van der Waals surface area contributed by atoms with Crippen molar-refractivity contribution in [2.45, 2.75) is 24.9 Å². The van der Waals surface area contributed by atoms with Gasteiger partial charge in [-0.15, -0.1) is 6.42 Å². The first-order valence-electron chi connectivity index (χ1n) is 9.83. The van der Waals surface area contributed by atoms with Crippen molar-refractivity contribution in [3.05, 3.63) is 71.3 Å². The highest BCUT2D eigenvalue weighted by Gasteiger charge is 2.30. The van der Waals surface area contributed by atoms with Crippen LogP contribution in [0.5, 0.6) is 5.75 Å². The molecule has 0 radical (unpaired) electrons. The molecule has 170 valence electrons. The number of carbonyl (C=O) groups excluding carboxylic acids is 2. The van der Waals surface area contributed by atoms with Gasteiger partial charge in [-0.2, -0.15) is 18.4 Å². The largest absolute Gasteiger partial charge is 0.480 e. The summed E-state index contributed by atoms with van der Waals surface area (Å²) in [5.41, 5.74) is 0.181. The molecule has 0 spiro atoms. The van der Waals surface area contributed by atoms with Crippen LogP contribution in [0.3, 0.4) is 0 Å². The van der Waals surface area contributed by atoms with E-state index in [0.29, 0.717) is 16.9 Å². The molecule has 0 heterocycles. The van der Waals surface area contributed by atoms with Gasteiger partial charge in [-0.1, -0.05) is 36.3 Å². The molecule has 0 saturated carbocycles. The molecule has 0 aliphatic carbocycles. The summed E-state index contributed by atoms with van der Waals surface area (Å²) in [6.45, 7) is -0.0842. The molecule has 0 saturated heterocycles. The summed E-state index contributed by atoms with van der Waals surface area (Å²) in [6, 6.07) is 13.1. The van der Waals surface area contributed by atoms with Crippen molar-refractivity contribution in [1.82, 2.24) is 0 Å². The average Bonchev–Trinajstić information content (AvgIpc) is 2.79. The van der Waals surface area contributed by atoms with Crippen molar-refractivity contribution in [3.8, 4) is 24.2 Å². The molecule has 2 rings (SSSR count). The highest BCUT2D eigenvalue weighted by Crippen LogP contribution is 2.30. The third-order valence-electron chi connectivity index (χ3n) is 4.46. The Morgan fingerprint density at radius 2 is 1.82 bits per heavy atom. The normalized spacial score (nSPS) is 11.9. The summed E-state index contributed by atoms with van der Waals surface area (Å²) >= 11 is 0. The Morgan fingerprint density at radius 1 is 1.12 bits per heavy atom. The molecular formula is C25H20F3NO4. The second kappa shape index (κ2) is 12.1. The number of para-hydroxylation sites is 1. The molecule has 1 atom stereocenters. The number of alkyl halides is 3. The Labute approximate surface area is 189 Å². The van der Waals surface area contributed by atoms with E-state index in [1.165, 1.54) is 24.3 Å². The third kappa shape index (κ3) is 8.19. The van der Waals surface area contributed by atoms with Gasteiger partial charge in [-0.3, -0.25) is 9.59 Å². The third-order valence-corrected chi connectivity index (χ3v) is 4.46. The number of allylic oxidation sites excluding steroid dienone is 1. The molecule has 0 bridgehead atoms. The highest BCUT2D eigenvalue weighted by molar-refractivity contribution is 6.04. The monoisotopic (exact) mass is 455 g/mol. The Balaban J connectivity index is 1.84. The van der Waals surface area contributed by atoms with Crippen LogP contribution in [0.4, 0.5) is 13.2 Å². The zero-order valence-corrected chi connectivity index (χ0v) is 17.5. The number of terminal acetylenes is 1. The van der Waals surface area contributed by atoms with E-state index in [1.807, 2.05) is 6.07 Å². The molecule has 2 aromatic rings. The van der Waals surface area contributed by atoms with Crippen LogP contribution in [0.2, 0.25) is 0 Å². The standard InChI is InChI=1S/C25H20F3NO4/c1-2-14-32-23-6-4-3-5-19(23)9-12-22(30)16-24(31)33-15-13-20(17-29)18-7-10-21(11-8-18)25(26,27)28/h1,3-12,20H,13-16H2. The van der Waals surface area contributed by atoms with E-state index in [9.17, 15) is 28.0 Å². The van der Waals surface area contributed by atoms with Crippen LogP contribution in [0.15, 0.2) is 54.6 Å². The van der Waals surface area contributed by atoms with Gasteiger partial charge in [0.2, 0.25) is 0 Å². The van der Waals surface area contributed by atoms with Crippen LogP contribution in [0.1, 0.15) is 35.4 Å². The van der Waals surface area contributed by atoms with Gasteiger partial charge in [0.05, 0.1) is 24.2 Å².